The van der Waals surface area contributed by atoms with Gasteiger partial charge in [0.1, 0.15) is 22.6 Å². The zero-order valence-corrected chi connectivity index (χ0v) is 64.8. The van der Waals surface area contributed by atoms with Crippen LogP contribution in [0, 0.1) is 43.5 Å². The van der Waals surface area contributed by atoms with E-state index in [0.717, 1.165) is 83.6 Å². The van der Waals surface area contributed by atoms with Gasteiger partial charge in [0.25, 0.3) is 5.24 Å². The molecule has 0 fully saturated rings. The average molecular weight is 1700 g/mol. The second-order valence-corrected chi connectivity index (χ2v) is 31.4. The molecule has 24 nitrogen and oxygen atoms in total. The molecule has 0 unspecified atom stereocenters. The van der Waals surface area contributed by atoms with Crippen LogP contribution in [0.5, 0.6) is 0 Å². The molecule has 0 aliphatic rings. The lowest BCUT2D eigenvalue weighted by Crippen LogP contribution is -2.18. The quantitative estimate of drug-likeness (QED) is 0.0139. The second-order valence-electron chi connectivity index (χ2n) is 24.6. The molecule has 0 aliphatic heterocycles. The highest BCUT2D eigenvalue weighted by Crippen LogP contribution is 2.34. The number of aromatic amines is 4. The van der Waals surface area contributed by atoms with Crippen molar-refractivity contribution in [3.63, 3.8) is 0 Å². The van der Waals surface area contributed by atoms with E-state index in [1.54, 1.807) is 99.0 Å². The number of nitro groups is 2. The van der Waals surface area contributed by atoms with Crippen molar-refractivity contribution >= 4 is 221 Å². The van der Waals surface area contributed by atoms with E-state index in [2.05, 4.69) is 50.7 Å². The number of aromatic nitrogens is 8. The van der Waals surface area contributed by atoms with Gasteiger partial charge in [-0.3, -0.25) is 44.1 Å². The molecule has 114 heavy (non-hydrogen) atoms. The van der Waals surface area contributed by atoms with Crippen LogP contribution in [0.3, 0.4) is 0 Å². The normalized spacial score (nSPS) is 11.2. The number of nitrogens with two attached hydrogens (primary N) is 1. The van der Waals surface area contributed by atoms with Crippen LogP contribution < -0.4 is 10.5 Å². The summed E-state index contributed by atoms with van der Waals surface area (Å²) in [5.41, 5.74) is 9.68. The largest absolute Gasteiger partial charge is 0.396 e. The molecule has 16 rings (SSSR count). The van der Waals surface area contributed by atoms with E-state index in [-0.39, 0.29) is 50.7 Å². The summed E-state index contributed by atoms with van der Waals surface area (Å²) < 4.78 is 103. The number of hydrogen-bond acceptors (Lipinski definition) is 17. The summed E-state index contributed by atoms with van der Waals surface area (Å²) in [6.45, 7) is 3.47. The molecule has 0 saturated heterocycles. The van der Waals surface area contributed by atoms with Crippen molar-refractivity contribution in [3.8, 4) is 0 Å². The number of carbonyl (C=O) groups excluding carboxylic acids is 4. The Hall–Kier alpha value is -12.0. The summed E-state index contributed by atoms with van der Waals surface area (Å²) in [4.78, 5) is 97.7. The predicted octanol–water partition coefficient (Wildman–Crippen LogP) is 20.3. The third kappa shape index (κ3) is 19.0. The Kier molecular flexibility index (Phi) is 25.7. The predicted molar refractivity (Wildman–Crippen MR) is 436 cm³/mol. The van der Waals surface area contributed by atoms with Gasteiger partial charge in [0, 0.05) is 129 Å². The van der Waals surface area contributed by atoms with Crippen LogP contribution in [0.1, 0.15) is 84.8 Å². The lowest BCUT2D eigenvalue weighted by Gasteiger charge is -2.10. The van der Waals surface area contributed by atoms with Crippen molar-refractivity contribution in [2.75, 3.05) is 22.0 Å². The summed E-state index contributed by atoms with van der Waals surface area (Å²) in [5, 5.41) is 28.9. The Labute approximate surface area is 671 Å². The first-order valence-corrected chi connectivity index (χ1v) is 39.4. The van der Waals surface area contributed by atoms with E-state index in [9.17, 15) is 73.8 Å². The topological polar surface area (TPSA) is 376 Å². The number of halogens is 10. The van der Waals surface area contributed by atoms with Gasteiger partial charge < -0.3 is 25.7 Å². The molecule has 0 spiro atoms. The zero-order valence-electron chi connectivity index (χ0n) is 58.6. The minimum atomic E-state index is -3.69. The molecule has 0 amide bonds. The Morgan fingerprint density at radius 2 is 0.772 bits per heavy atom. The maximum atomic E-state index is 15.0. The number of para-hydroxylation sites is 1. The molecule has 0 saturated carbocycles. The fraction of sp³-hybridized carbons (Fsp3) is 0.0769. The number of nitro benzene ring substituents is 2. The fourth-order valence-corrected chi connectivity index (χ4v) is 14.6. The van der Waals surface area contributed by atoms with Gasteiger partial charge in [-0.25, -0.2) is 45.6 Å². The number of hydrogen-bond donors (Lipinski definition) is 6. The van der Waals surface area contributed by atoms with Crippen molar-refractivity contribution in [2.45, 2.75) is 26.7 Å². The van der Waals surface area contributed by atoms with Crippen molar-refractivity contribution in [1.82, 2.24) is 39.9 Å². The third-order valence-corrected chi connectivity index (χ3v) is 20.7. The Morgan fingerprint density at radius 1 is 0.430 bits per heavy atom. The molecule has 16 aromatic rings. The van der Waals surface area contributed by atoms with Gasteiger partial charge in [0.05, 0.1) is 75.1 Å². The van der Waals surface area contributed by atoms with Crippen LogP contribution in [-0.2, 0) is 19.1 Å². The molecule has 580 valence electrons. The van der Waals surface area contributed by atoms with E-state index in [1.807, 2.05) is 24.3 Å². The van der Waals surface area contributed by atoms with Crippen LogP contribution in [0.15, 0.2) is 201 Å². The Morgan fingerprint density at radius 3 is 1.15 bits per heavy atom. The van der Waals surface area contributed by atoms with Crippen LogP contribution in [0.2, 0.25) is 20.1 Å². The number of ketones is 3. The smallest absolute Gasteiger partial charge is 0.305 e. The van der Waals surface area contributed by atoms with Crippen molar-refractivity contribution < 1.29 is 63.4 Å². The monoisotopic (exact) mass is 1700 g/mol. The van der Waals surface area contributed by atoms with Gasteiger partial charge in [-0.15, -0.1) is 0 Å². The number of sulfonamides is 1. The van der Waals surface area contributed by atoms with E-state index in [0.29, 0.717) is 60.8 Å². The van der Waals surface area contributed by atoms with E-state index < -0.39 is 91.7 Å². The van der Waals surface area contributed by atoms with Gasteiger partial charge in [-0.1, -0.05) is 103 Å². The number of pyridine rings is 4. The lowest BCUT2D eigenvalue weighted by molar-refractivity contribution is -0.387. The number of nitrogens with zero attached hydrogens (tertiary/aromatic N) is 6. The first-order valence-electron chi connectivity index (χ1n) is 33.4. The number of nitrogens with one attached hydrogen (secondary N) is 5. The van der Waals surface area contributed by atoms with E-state index in [4.69, 9.17) is 74.4 Å². The number of fused-ring (bicyclic) bond motifs is 12. The maximum absolute atomic E-state index is 15.0. The van der Waals surface area contributed by atoms with Gasteiger partial charge in [-0.05, 0) is 146 Å². The number of anilines is 2. The SMILES string of the molecule is CCCS(=O)(=O)Cl.CCCS(=O)(=O)Nc1cccc(C(=O)c2ccc3[nH]c4ncc(Cl)cc4c3c2)c1F.Clc1cnc2[nH]c3ccccc3c2c1.Nc1cccc(C(=O)c2ccc3[nH]c4ncc(Cl)cc4c3c2)c1F.O=C(Cl)c1cccc([N+](=O)[O-])c1F.O=C(c1ccc2[nH]c3ncc(Cl)cc3c2c1)c1cccc([N+](=O)[O-])c1F. The third-order valence-electron chi connectivity index (χ3n) is 16.9. The van der Waals surface area contributed by atoms with E-state index >= 15 is 0 Å². The van der Waals surface area contributed by atoms with Crippen molar-refractivity contribution in [3.05, 3.63) is 303 Å². The van der Waals surface area contributed by atoms with Crippen LogP contribution in [0.25, 0.3) is 87.7 Å². The van der Waals surface area contributed by atoms with Crippen LogP contribution >= 0.6 is 68.7 Å². The first-order chi connectivity index (χ1) is 54.2. The zero-order chi connectivity index (χ0) is 82.2. The van der Waals surface area contributed by atoms with Crippen LogP contribution in [0.4, 0.5) is 40.3 Å². The highest BCUT2D eigenvalue weighted by Gasteiger charge is 2.26. The molecule has 0 atom stereocenters. The summed E-state index contributed by atoms with van der Waals surface area (Å²) in [6, 6.07) is 45.3. The molecule has 8 aromatic carbocycles. The Bertz CT molecular complexity index is 6760. The maximum Gasteiger partial charge on any atom is 0.305 e. The highest BCUT2D eigenvalue weighted by molar-refractivity contribution is 8.13. The van der Waals surface area contributed by atoms with Crippen molar-refractivity contribution in [1.29, 1.82) is 0 Å². The summed E-state index contributed by atoms with van der Waals surface area (Å²) in [7, 11) is -2.09. The van der Waals surface area contributed by atoms with E-state index in [1.165, 1.54) is 67.0 Å². The standard InChI is InChI=1S/C21H17ClFN3O3S.C18H9ClFN3O3.C18H11ClFN3O.C11H7ClN2.C7H3ClFNO3.C3H7ClO2S/c1-2-8-30(28,29)26-18-5-3-4-14(19(18)23)20(27)12-6-7-17-15(9-12)16-10-13(22)11-24-21(16)25-17;19-10-7-13-12-6-9(4-5-14(12)22-18(13)21-8-10)17(24)11-2-1-3-15(16(11)20)23(25)26;19-10-7-13-12-6-9(4-5-15(12)23-18(13)22-8-10)17(24)11-2-1-3-14(21)16(11)20;12-7-5-9-8-3-1-2-4-10(8)14-11(9)13-6-7;8-7(11)4-2-1-3-5(6(4)9)10(12)13;1-2-3-7(4,5)6/h3-7,9-11,26H,2,8H2,1H3,(H,24,25);1-8H,(H,21,22);1-8H,21H2,(H,22,23);1-6H,(H,13,14);1-3H;2-3H2,1H3. The number of carbonyl (C=O) groups is 4. The molecule has 0 aliphatic carbocycles. The van der Waals surface area contributed by atoms with Gasteiger partial charge in [0.15, 0.2) is 29.0 Å². The minimum absolute atomic E-state index is 0.0506. The molecule has 0 bridgehead atoms. The second kappa shape index (κ2) is 35.4. The molecule has 7 N–H and O–H groups in total. The van der Waals surface area contributed by atoms with Gasteiger partial charge in [0.2, 0.25) is 30.7 Å². The summed E-state index contributed by atoms with van der Waals surface area (Å²) in [6.07, 6.45) is 7.20. The van der Waals surface area contributed by atoms with Gasteiger partial charge in [-0.2, -0.15) is 8.78 Å². The van der Waals surface area contributed by atoms with Crippen molar-refractivity contribution in [2.24, 2.45) is 0 Å². The number of benzene rings is 8. The fourth-order valence-electron chi connectivity index (χ4n) is 11.7. The highest BCUT2D eigenvalue weighted by atomic mass is 35.7. The number of H-pyrrole nitrogens is 4. The summed E-state index contributed by atoms with van der Waals surface area (Å²) in [5.74, 6) is -5.65. The molecule has 36 heteroatoms. The molecule has 8 heterocycles. The number of nitrogen functional groups attached to an aromatic ring is 1. The minimum Gasteiger partial charge on any atom is -0.396 e. The average Bonchev–Trinajstić information content (AvgIpc) is 1.61. The molecule has 8 aromatic heterocycles. The summed E-state index contributed by atoms with van der Waals surface area (Å²) >= 11 is 28.9. The number of rotatable bonds is 15. The molecule has 0 radical (unpaired) electrons. The molecular weight excluding hydrogens is 1650 g/mol. The lowest BCUT2D eigenvalue weighted by atomic mass is 10.0. The van der Waals surface area contributed by atoms with Crippen LogP contribution in [-0.4, -0.2) is 101 Å². The molecular formula is C78H54Cl6F4N12O12S2. The van der Waals surface area contributed by atoms with Gasteiger partial charge >= 0.3 is 11.4 Å². The first kappa shape index (κ1) is 82.9. The Balaban J connectivity index is 0.000000141.